The predicted molar refractivity (Wildman–Crippen MR) is 83.1 cm³/mol. The molecule has 3 N–H and O–H groups in total. The van der Waals surface area contributed by atoms with E-state index in [2.05, 4.69) is 5.32 Å². The molecule has 1 atom stereocenters. The first-order valence-corrected chi connectivity index (χ1v) is 6.49. The number of nitrogens with two attached hydrogens (primary N) is 1. The van der Waals surface area contributed by atoms with Crippen LogP contribution in [0, 0.1) is 5.41 Å². The van der Waals surface area contributed by atoms with E-state index in [1.807, 2.05) is 13.0 Å². The largest absolute Gasteiger partial charge is 0.349 e. The van der Waals surface area contributed by atoms with Gasteiger partial charge in [0.25, 0.3) is 0 Å². The average Bonchev–Trinajstić information content (AvgIpc) is 2.28. The van der Waals surface area contributed by atoms with Gasteiger partial charge in [-0.15, -0.1) is 12.4 Å². The smallest absolute Gasteiger partial charge is 0.227 e. The maximum absolute atomic E-state index is 12.0. The maximum Gasteiger partial charge on any atom is 0.227 e. The molecule has 0 saturated carbocycles. The molecule has 1 aromatic carbocycles. The average molecular weight is 326 g/mol. The van der Waals surface area contributed by atoms with Gasteiger partial charge in [-0.25, -0.2) is 0 Å². The Morgan fingerprint density at radius 2 is 2.00 bits per heavy atom. The van der Waals surface area contributed by atoms with Crippen molar-refractivity contribution in [2.24, 2.45) is 11.1 Å². The molecule has 0 aliphatic heterocycles. The van der Waals surface area contributed by atoms with Crippen molar-refractivity contribution in [1.29, 1.82) is 0 Å². The zero-order chi connectivity index (χ0) is 13.9. The molecule has 0 bridgehead atoms. The minimum Gasteiger partial charge on any atom is -0.349 e. The van der Waals surface area contributed by atoms with Gasteiger partial charge in [0.2, 0.25) is 5.91 Å². The van der Waals surface area contributed by atoms with Gasteiger partial charge in [-0.3, -0.25) is 4.79 Å². The number of amides is 1. The van der Waals surface area contributed by atoms with Crippen molar-refractivity contribution in [3.05, 3.63) is 33.8 Å². The molecule has 108 valence electrons. The van der Waals surface area contributed by atoms with Crippen molar-refractivity contribution < 1.29 is 4.79 Å². The molecule has 19 heavy (non-hydrogen) atoms. The van der Waals surface area contributed by atoms with Gasteiger partial charge in [0.1, 0.15) is 0 Å². The summed E-state index contributed by atoms with van der Waals surface area (Å²) in [5.41, 5.74) is 5.81. The highest BCUT2D eigenvalue weighted by Crippen LogP contribution is 2.27. The third-order valence-electron chi connectivity index (χ3n) is 2.90. The maximum atomic E-state index is 12.0. The van der Waals surface area contributed by atoms with Crippen LogP contribution in [-0.4, -0.2) is 12.5 Å². The quantitative estimate of drug-likeness (QED) is 0.889. The van der Waals surface area contributed by atoms with Crippen molar-refractivity contribution >= 4 is 41.5 Å². The highest BCUT2D eigenvalue weighted by atomic mass is 35.5. The summed E-state index contributed by atoms with van der Waals surface area (Å²) in [4.78, 5) is 12.0. The Hall–Kier alpha value is -0.480. The van der Waals surface area contributed by atoms with Gasteiger partial charge in [-0.05, 0) is 38.5 Å². The molecular weight excluding hydrogens is 307 g/mol. The van der Waals surface area contributed by atoms with E-state index in [9.17, 15) is 4.79 Å². The molecule has 0 aliphatic rings. The number of hydrogen-bond donors (Lipinski definition) is 2. The first-order valence-electron chi connectivity index (χ1n) is 5.74. The molecule has 1 aromatic rings. The van der Waals surface area contributed by atoms with Crippen LogP contribution in [0.15, 0.2) is 18.2 Å². The lowest BCUT2D eigenvalue weighted by Crippen LogP contribution is -2.42. The minimum atomic E-state index is -0.590. The van der Waals surface area contributed by atoms with Crippen LogP contribution in [0.25, 0.3) is 0 Å². The van der Waals surface area contributed by atoms with Gasteiger partial charge in [0.15, 0.2) is 0 Å². The molecule has 1 amide bonds. The normalized spacial score (nSPS) is 12.5. The second kappa shape index (κ2) is 7.34. The number of carbonyl (C=O) groups excluding carboxylic acids is 1. The lowest BCUT2D eigenvalue weighted by molar-refractivity contribution is -0.129. The van der Waals surface area contributed by atoms with Gasteiger partial charge < -0.3 is 11.1 Å². The van der Waals surface area contributed by atoms with Crippen LogP contribution in [-0.2, 0) is 4.79 Å². The fourth-order valence-corrected chi connectivity index (χ4v) is 1.99. The fraction of sp³-hybridized carbons (Fsp3) is 0.462. The van der Waals surface area contributed by atoms with E-state index in [1.54, 1.807) is 26.0 Å². The molecule has 0 aliphatic carbocycles. The summed E-state index contributed by atoms with van der Waals surface area (Å²) in [6.45, 7) is 5.77. The van der Waals surface area contributed by atoms with Gasteiger partial charge in [-0.2, -0.15) is 0 Å². The Balaban J connectivity index is 0.00000324. The molecule has 0 spiro atoms. The molecule has 1 rings (SSSR count). The fourth-order valence-electron chi connectivity index (χ4n) is 1.42. The molecule has 1 unspecified atom stereocenters. The highest BCUT2D eigenvalue weighted by Gasteiger charge is 2.27. The summed E-state index contributed by atoms with van der Waals surface area (Å²) in [6.07, 6.45) is 0. The Labute approximate surface area is 130 Å². The van der Waals surface area contributed by atoms with Crippen LogP contribution in [0.2, 0.25) is 10.0 Å². The number of hydrogen-bond acceptors (Lipinski definition) is 2. The van der Waals surface area contributed by atoms with Gasteiger partial charge in [0.05, 0.1) is 11.5 Å². The van der Waals surface area contributed by atoms with E-state index < -0.39 is 5.41 Å². The zero-order valence-electron chi connectivity index (χ0n) is 11.2. The lowest BCUT2D eigenvalue weighted by Gasteiger charge is -2.25. The Bertz CT molecular complexity index is 450. The van der Waals surface area contributed by atoms with Crippen molar-refractivity contribution in [2.75, 3.05) is 6.54 Å². The second-order valence-corrected chi connectivity index (χ2v) is 5.79. The van der Waals surface area contributed by atoms with E-state index >= 15 is 0 Å². The Morgan fingerprint density at radius 3 is 2.47 bits per heavy atom. The third-order valence-corrected chi connectivity index (χ3v) is 3.46. The molecule has 3 nitrogen and oxygen atoms in total. The standard InChI is InChI=1S/C13H18Cl2N2O.ClH/c1-8(17-12(18)13(2,3)7-16)10-5-4-9(14)6-11(10)15;/h4-6,8H,7,16H2,1-3H3,(H,17,18);1H. The summed E-state index contributed by atoms with van der Waals surface area (Å²) in [7, 11) is 0. The van der Waals surface area contributed by atoms with Crippen LogP contribution in [0.3, 0.4) is 0 Å². The molecular formula is C13H19Cl3N2O. The molecule has 0 saturated heterocycles. The summed E-state index contributed by atoms with van der Waals surface area (Å²) in [6, 6.07) is 5.04. The first-order chi connectivity index (χ1) is 8.27. The van der Waals surface area contributed by atoms with E-state index in [0.717, 1.165) is 5.56 Å². The molecule has 6 heteroatoms. The summed E-state index contributed by atoms with van der Waals surface area (Å²) < 4.78 is 0. The van der Waals surface area contributed by atoms with E-state index in [4.69, 9.17) is 28.9 Å². The molecule has 0 heterocycles. The minimum absolute atomic E-state index is 0. The summed E-state index contributed by atoms with van der Waals surface area (Å²) >= 11 is 11.9. The van der Waals surface area contributed by atoms with Gasteiger partial charge in [-0.1, -0.05) is 29.3 Å². The SMILES string of the molecule is CC(NC(=O)C(C)(C)CN)c1ccc(Cl)cc1Cl.Cl. The number of nitrogens with one attached hydrogen (secondary N) is 1. The van der Waals surface area contributed by atoms with Crippen molar-refractivity contribution in [1.82, 2.24) is 5.32 Å². The number of halogens is 3. The lowest BCUT2D eigenvalue weighted by atomic mass is 9.92. The van der Waals surface area contributed by atoms with Crippen molar-refractivity contribution in [2.45, 2.75) is 26.8 Å². The van der Waals surface area contributed by atoms with E-state index in [1.165, 1.54) is 0 Å². The van der Waals surface area contributed by atoms with E-state index in [0.29, 0.717) is 16.6 Å². The third kappa shape index (κ3) is 4.84. The molecule has 0 radical (unpaired) electrons. The van der Waals surface area contributed by atoms with Crippen LogP contribution in [0.5, 0.6) is 0 Å². The van der Waals surface area contributed by atoms with Crippen LogP contribution in [0.4, 0.5) is 0 Å². The number of rotatable bonds is 4. The predicted octanol–water partition coefficient (Wildman–Crippen LogP) is 3.58. The van der Waals surface area contributed by atoms with Crippen LogP contribution < -0.4 is 11.1 Å². The first kappa shape index (κ1) is 18.5. The van der Waals surface area contributed by atoms with Crippen molar-refractivity contribution in [3.63, 3.8) is 0 Å². The molecule has 0 fully saturated rings. The monoisotopic (exact) mass is 324 g/mol. The van der Waals surface area contributed by atoms with Crippen LogP contribution in [0.1, 0.15) is 32.4 Å². The summed E-state index contributed by atoms with van der Waals surface area (Å²) in [5.74, 6) is -0.0940. The van der Waals surface area contributed by atoms with Crippen molar-refractivity contribution in [3.8, 4) is 0 Å². The summed E-state index contributed by atoms with van der Waals surface area (Å²) in [5, 5.41) is 4.02. The highest BCUT2D eigenvalue weighted by molar-refractivity contribution is 6.35. The molecule has 0 aromatic heterocycles. The Morgan fingerprint density at radius 1 is 1.42 bits per heavy atom. The van der Waals surface area contributed by atoms with Crippen LogP contribution >= 0.6 is 35.6 Å². The Kier molecular flexibility index (Phi) is 7.16. The van der Waals surface area contributed by atoms with Gasteiger partial charge >= 0.3 is 0 Å². The number of carbonyl (C=O) groups is 1. The van der Waals surface area contributed by atoms with E-state index in [-0.39, 0.29) is 24.4 Å². The number of benzene rings is 1. The second-order valence-electron chi connectivity index (χ2n) is 4.95. The zero-order valence-corrected chi connectivity index (χ0v) is 13.5. The topological polar surface area (TPSA) is 55.1 Å². The van der Waals surface area contributed by atoms with Gasteiger partial charge in [0, 0.05) is 16.6 Å².